The van der Waals surface area contributed by atoms with Gasteiger partial charge in [0, 0.05) is 20.1 Å². The Hall–Kier alpha value is -1.55. The zero-order valence-electron chi connectivity index (χ0n) is 9.69. The van der Waals surface area contributed by atoms with Crippen molar-refractivity contribution in [3.8, 4) is 0 Å². The molecule has 1 rings (SSSR count). The number of methoxy groups -OCH3 is 1. The molecule has 0 spiro atoms. The highest BCUT2D eigenvalue weighted by molar-refractivity contribution is 5.93. The predicted octanol–water partition coefficient (Wildman–Crippen LogP) is 1.88. The summed E-state index contributed by atoms with van der Waals surface area (Å²) in [4.78, 5) is 11.6. The molecule has 1 aromatic rings. The summed E-state index contributed by atoms with van der Waals surface area (Å²) < 4.78 is 4.97. The van der Waals surface area contributed by atoms with Gasteiger partial charge in [0.05, 0.1) is 11.4 Å². The molecule has 88 valence electrons. The van der Waals surface area contributed by atoms with Crippen LogP contribution in [-0.2, 0) is 9.53 Å². The van der Waals surface area contributed by atoms with Gasteiger partial charge in [-0.25, -0.2) is 0 Å². The molecule has 1 atom stereocenters. The van der Waals surface area contributed by atoms with Crippen LogP contribution >= 0.6 is 0 Å². The number of nitrogen functional groups attached to an aromatic ring is 1. The quantitative estimate of drug-likeness (QED) is 0.748. The van der Waals surface area contributed by atoms with Gasteiger partial charge >= 0.3 is 0 Å². The lowest BCUT2D eigenvalue weighted by molar-refractivity contribution is -0.117. The lowest BCUT2D eigenvalue weighted by atomic mass is 10.1. The highest BCUT2D eigenvalue weighted by Crippen LogP contribution is 2.17. The number of rotatable bonds is 5. The third-order valence-corrected chi connectivity index (χ3v) is 2.22. The summed E-state index contributed by atoms with van der Waals surface area (Å²) >= 11 is 0. The minimum atomic E-state index is -0.0394. The van der Waals surface area contributed by atoms with Crippen molar-refractivity contribution in [1.29, 1.82) is 0 Å². The van der Waals surface area contributed by atoms with Gasteiger partial charge in [0.1, 0.15) is 0 Å². The van der Waals surface area contributed by atoms with E-state index < -0.39 is 0 Å². The molecule has 3 N–H and O–H groups in total. The molecule has 0 fully saturated rings. The fourth-order valence-electron chi connectivity index (χ4n) is 1.47. The van der Waals surface area contributed by atoms with Crippen LogP contribution in [0.3, 0.4) is 0 Å². The van der Waals surface area contributed by atoms with Gasteiger partial charge in [-0.2, -0.15) is 0 Å². The molecule has 4 heteroatoms. The first-order chi connectivity index (χ1) is 7.63. The lowest BCUT2D eigenvalue weighted by Gasteiger charge is -2.11. The Morgan fingerprint density at radius 3 is 2.81 bits per heavy atom. The molecule has 0 saturated carbocycles. The van der Waals surface area contributed by atoms with E-state index >= 15 is 0 Å². The van der Waals surface area contributed by atoms with Crippen molar-refractivity contribution in [2.45, 2.75) is 13.3 Å². The molecule has 1 aromatic carbocycles. The number of ether oxygens (including phenoxy) is 1. The number of carbonyl (C=O) groups excluding carboxylic acids is 1. The van der Waals surface area contributed by atoms with Crippen LogP contribution in [0.1, 0.15) is 13.3 Å². The zero-order valence-corrected chi connectivity index (χ0v) is 9.69. The number of para-hydroxylation sites is 2. The monoisotopic (exact) mass is 222 g/mol. The first kappa shape index (κ1) is 12.5. The van der Waals surface area contributed by atoms with Gasteiger partial charge in [-0.15, -0.1) is 0 Å². The third-order valence-electron chi connectivity index (χ3n) is 2.22. The van der Waals surface area contributed by atoms with E-state index in [2.05, 4.69) is 5.32 Å². The maximum absolute atomic E-state index is 11.6. The van der Waals surface area contributed by atoms with Crippen molar-refractivity contribution < 1.29 is 9.53 Å². The van der Waals surface area contributed by atoms with Crippen LogP contribution in [-0.4, -0.2) is 19.6 Å². The summed E-state index contributed by atoms with van der Waals surface area (Å²) in [6, 6.07) is 7.21. The number of nitrogens with one attached hydrogen (secondary N) is 1. The highest BCUT2D eigenvalue weighted by Gasteiger charge is 2.09. The second-order valence-electron chi connectivity index (χ2n) is 3.90. The molecule has 16 heavy (non-hydrogen) atoms. The number of benzene rings is 1. The van der Waals surface area contributed by atoms with E-state index in [0.29, 0.717) is 24.4 Å². The van der Waals surface area contributed by atoms with Crippen LogP contribution in [0.25, 0.3) is 0 Å². The standard InChI is InChI=1S/C12H18N2O2/c1-9(8-16-2)7-12(15)14-11-6-4-3-5-10(11)13/h3-6,9H,7-8,13H2,1-2H3,(H,14,15). The highest BCUT2D eigenvalue weighted by atomic mass is 16.5. The van der Waals surface area contributed by atoms with Gasteiger partial charge in [0.25, 0.3) is 0 Å². The molecule has 0 radical (unpaired) electrons. The van der Waals surface area contributed by atoms with Gasteiger partial charge < -0.3 is 15.8 Å². The molecule has 4 nitrogen and oxygen atoms in total. The summed E-state index contributed by atoms with van der Waals surface area (Å²) in [6.07, 6.45) is 0.433. The van der Waals surface area contributed by atoms with E-state index in [-0.39, 0.29) is 11.8 Å². The largest absolute Gasteiger partial charge is 0.397 e. The Bertz CT molecular complexity index is 353. The van der Waals surface area contributed by atoms with Crippen molar-refractivity contribution in [3.63, 3.8) is 0 Å². The van der Waals surface area contributed by atoms with E-state index in [0.717, 1.165) is 0 Å². The summed E-state index contributed by atoms with van der Waals surface area (Å²) in [7, 11) is 1.63. The predicted molar refractivity (Wildman–Crippen MR) is 65.1 cm³/mol. The number of hydrogen-bond acceptors (Lipinski definition) is 3. The second kappa shape index (κ2) is 6.12. The molecule has 1 amide bonds. The molecule has 0 bridgehead atoms. The average molecular weight is 222 g/mol. The molecular formula is C12H18N2O2. The number of nitrogens with two attached hydrogens (primary N) is 1. The Morgan fingerprint density at radius 1 is 1.50 bits per heavy atom. The smallest absolute Gasteiger partial charge is 0.224 e. The van der Waals surface area contributed by atoms with E-state index in [9.17, 15) is 4.79 Å². The second-order valence-corrected chi connectivity index (χ2v) is 3.90. The Kier molecular flexibility index (Phi) is 4.79. The van der Waals surface area contributed by atoms with Crippen molar-refractivity contribution >= 4 is 17.3 Å². The van der Waals surface area contributed by atoms with Crippen LogP contribution in [0.5, 0.6) is 0 Å². The van der Waals surface area contributed by atoms with E-state index in [4.69, 9.17) is 10.5 Å². The van der Waals surface area contributed by atoms with E-state index in [1.807, 2.05) is 19.1 Å². The van der Waals surface area contributed by atoms with Gasteiger partial charge in [-0.3, -0.25) is 4.79 Å². The first-order valence-electron chi connectivity index (χ1n) is 5.26. The minimum Gasteiger partial charge on any atom is -0.397 e. The van der Waals surface area contributed by atoms with Crippen LogP contribution in [0.15, 0.2) is 24.3 Å². The molecule has 0 aliphatic carbocycles. The van der Waals surface area contributed by atoms with Crippen LogP contribution in [0.2, 0.25) is 0 Å². The van der Waals surface area contributed by atoms with Gasteiger partial charge in [0.15, 0.2) is 0 Å². The van der Waals surface area contributed by atoms with Crippen molar-refractivity contribution in [3.05, 3.63) is 24.3 Å². The Labute approximate surface area is 95.8 Å². The molecular weight excluding hydrogens is 204 g/mol. The Morgan fingerprint density at radius 2 is 2.19 bits per heavy atom. The van der Waals surface area contributed by atoms with Crippen molar-refractivity contribution in [2.75, 3.05) is 24.8 Å². The summed E-state index contributed by atoms with van der Waals surface area (Å²) in [5.74, 6) is 0.164. The van der Waals surface area contributed by atoms with Crippen LogP contribution in [0.4, 0.5) is 11.4 Å². The van der Waals surface area contributed by atoms with E-state index in [1.54, 1.807) is 19.2 Å². The van der Waals surface area contributed by atoms with Gasteiger partial charge in [0.2, 0.25) is 5.91 Å². The maximum atomic E-state index is 11.6. The SMILES string of the molecule is COCC(C)CC(=O)Nc1ccccc1N. The summed E-state index contributed by atoms with van der Waals surface area (Å²) in [6.45, 7) is 2.55. The minimum absolute atomic E-state index is 0.0394. The number of hydrogen-bond donors (Lipinski definition) is 2. The van der Waals surface area contributed by atoms with Crippen molar-refractivity contribution in [1.82, 2.24) is 0 Å². The molecule has 0 saturated heterocycles. The maximum Gasteiger partial charge on any atom is 0.224 e. The van der Waals surface area contributed by atoms with Gasteiger partial charge in [-0.1, -0.05) is 19.1 Å². The van der Waals surface area contributed by atoms with Gasteiger partial charge in [-0.05, 0) is 18.1 Å². The van der Waals surface area contributed by atoms with Crippen LogP contribution < -0.4 is 11.1 Å². The molecule has 0 aliphatic rings. The fourth-order valence-corrected chi connectivity index (χ4v) is 1.47. The third kappa shape index (κ3) is 3.90. The molecule has 1 unspecified atom stereocenters. The van der Waals surface area contributed by atoms with E-state index in [1.165, 1.54) is 0 Å². The average Bonchev–Trinajstić information content (AvgIpc) is 2.21. The molecule has 0 aromatic heterocycles. The number of carbonyl (C=O) groups is 1. The van der Waals surface area contributed by atoms with Crippen LogP contribution in [0, 0.1) is 5.92 Å². The van der Waals surface area contributed by atoms with Crippen molar-refractivity contribution in [2.24, 2.45) is 5.92 Å². The normalized spacial score (nSPS) is 12.1. The fraction of sp³-hybridized carbons (Fsp3) is 0.417. The zero-order chi connectivity index (χ0) is 12.0. The summed E-state index contributed by atoms with van der Waals surface area (Å²) in [5.41, 5.74) is 6.96. The first-order valence-corrected chi connectivity index (χ1v) is 5.26. The number of amides is 1. The number of anilines is 2. The Balaban J connectivity index is 2.49. The summed E-state index contributed by atoms with van der Waals surface area (Å²) in [5, 5.41) is 2.78. The molecule has 0 aliphatic heterocycles. The molecule has 0 heterocycles. The lowest BCUT2D eigenvalue weighted by Crippen LogP contribution is -2.18. The topological polar surface area (TPSA) is 64.3 Å².